The molecule has 1 atom stereocenters. The van der Waals surface area contributed by atoms with E-state index in [0.29, 0.717) is 25.6 Å². The van der Waals surface area contributed by atoms with Gasteiger partial charge < -0.3 is 10.2 Å². The number of amides is 2. The summed E-state index contributed by atoms with van der Waals surface area (Å²) < 4.78 is 12.9. The summed E-state index contributed by atoms with van der Waals surface area (Å²) in [6, 6.07) is 6.40. The predicted molar refractivity (Wildman–Crippen MR) is 89.6 cm³/mol. The van der Waals surface area contributed by atoms with Crippen LogP contribution in [0.3, 0.4) is 0 Å². The molecule has 0 radical (unpaired) electrons. The second-order valence-electron chi connectivity index (χ2n) is 6.94. The quantitative estimate of drug-likeness (QED) is 0.862. The molecule has 3 rings (SSSR count). The fraction of sp³-hybridized carbons (Fsp3) is 0.579. The molecule has 1 saturated carbocycles. The lowest BCUT2D eigenvalue weighted by atomic mass is 10.1. The third kappa shape index (κ3) is 4.13. The minimum atomic E-state index is -0.287. The molecule has 0 aromatic heterocycles. The molecule has 4 nitrogen and oxygen atoms in total. The van der Waals surface area contributed by atoms with Gasteiger partial charge in [0.25, 0.3) is 0 Å². The second-order valence-corrected chi connectivity index (χ2v) is 6.94. The van der Waals surface area contributed by atoms with Crippen LogP contribution in [-0.4, -0.2) is 29.3 Å². The first-order chi connectivity index (χ1) is 11.6. The molecule has 1 aromatic carbocycles. The molecule has 1 heterocycles. The summed E-state index contributed by atoms with van der Waals surface area (Å²) in [4.78, 5) is 26.6. The van der Waals surface area contributed by atoms with E-state index in [4.69, 9.17) is 0 Å². The Morgan fingerprint density at radius 1 is 1.12 bits per heavy atom. The number of hydrogen-bond acceptors (Lipinski definition) is 2. The highest BCUT2D eigenvalue weighted by molar-refractivity contribution is 5.89. The lowest BCUT2D eigenvalue weighted by Gasteiger charge is -2.27. The Morgan fingerprint density at radius 2 is 1.79 bits per heavy atom. The van der Waals surface area contributed by atoms with Crippen molar-refractivity contribution in [2.45, 2.75) is 57.5 Å². The summed E-state index contributed by atoms with van der Waals surface area (Å²) in [7, 11) is 0. The summed E-state index contributed by atoms with van der Waals surface area (Å²) in [6.45, 7) is 0.909. The molecule has 1 aliphatic heterocycles. The van der Waals surface area contributed by atoms with Crippen LogP contribution in [-0.2, 0) is 16.1 Å². The van der Waals surface area contributed by atoms with Gasteiger partial charge in [-0.1, -0.05) is 37.8 Å². The zero-order valence-electron chi connectivity index (χ0n) is 14.0. The first kappa shape index (κ1) is 16.9. The van der Waals surface area contributed by atoms with Gasteiger partial charge in [0, 0.05) is 25.6 Å². The van der Waals surface area contributed by atoms with Gasteiger partial charge in [-0.05, 0) is 30.5 Å². The van der Waals surface area contributed by atoms with Gasteiger partial charge in [0.05, 0.1) is 5.92 Å². The molecule has 0 spiro atoms. The fourth-order valence-corrected chi connectivity index (χ4v) is 3.77. The fourth-order valence-electron chi connectivity index (χ4n) is 3.77. The van der Waals surface area contributed by atoms with E-state index in [-0.39, 0.29) is 23.5 Å². The van der Waals surface area contributed by atoms with Crippen molar-refractivity contribution in [1.82, 2.24) is 10.2 Å². The molecule has 2 aliphatic rings. The van der Waals surface area contributed by atoms with Gasteiger partial charge in [0.1, 0.15) is 5.82 Å². The van der Waals surface area contributed by atoms with Crippen molar-refractivity contribution in [3.8, 4) is 0 Å². The molecule has 2 fully saturated rings. The van der Waals surface area contributed by atoms with Gasteiger partial charge in [-0.2, -0.15) is 0 Å². The normalized spacial score (nSPS) is 22.5. The van der Waals surface area contributed by atoms with Gasteiger partial charge in [0.15, 0.2) is 0 Å². The number of carbonyl (C=O) groups is 2. The smallest absolute Gasteiger partial charge is 0.225 e. The lowest BCUT2D eigenvalue weighted by molar-refractivity contribution is -0.130. The van der Waals surface area contributed by atoms with Crippen LogP contribution in [0.15, 0.2) is 24.3 Å². The highest BCUT2D eigenvalue weighted by Gasteiger charge is 2.37. The average Bonchev–Trinajstić information content (AvgIpc) is 2.80. The maximum Gasteiger partial charge on any atom is 0.225 e. The Kier molecular flexibility index (Phi) is 5.48. The number of nitrogens with one attached hydrogen (secondary N) is 1. The van der Waals surface area contributed by atoms with Gasteiger partial charge in [-0.3, -0.25) is 9.59 Å². The molecule has 24 heavy (non-hydrogen) atoms. The molecule has 130 valence electrons. The van der Waals surface area contributed by atoms with E-state index in [1.165, 1.54) is 37.8 Å². The van der Waals surface area contributed by atoms with Crippen LogP contribution in [0.4, 0.5) is 4.39 Å². The van der Waals surface area contributed by atoms with Crippen LogP contribution in [0.5, 0.6) is 0 Å². The van der Waals surface area contributed by atoms with Crippen LogP contribution < -0.4 is 5.32 Å². The van der Waals surface area contributed by atoms with Crippen molar-refractivity contribution in [3.63, 3.8) is 0 Å². The van der Waals surface area contributed by atoms with Gasteiger partial charge in [0.2, 0.25) is 11.8 Å². The Balaban J connectivity index is 1.52. The van der Waals surface area contributed by atoms with E-state index in [9.17, 15) is 14.0 Å². The zero-order chi connectivity index (χ0) is 16.9. The van der Waals surface area contributed by atoms with Crippen LogP contribution in [0.2, 0.25) is 0 Å². The summed E-state index contributed by atoms with van der Waals surface area (Å²) in [5.41, 5.74) is 0.856. The van der Waals surface area contributed by atoms with Crippen molar-refractivity contribution in [3.05, 3.63) is 35.6 Å². The van der Waals surface area contributed by atoms with Crippen LogP contribution in [0.25, 0.3) is 0 Å². The largest absolute Gasteiger partial charge is 0.352 e. The van der Waals surface area contributed by atoms with Crippen LogP contribution in [0, 0.1) is 11.7 Å². The first-order valence-electron chi connectivity index (χ1n) is 8.95. The monoisotopic (exact) mass is 332 g/mol. The predicted octanol–water partition coefficient (Wildman–Crippen LogP) is 3.01. The molecule has 1 saturated heterocycles. The molecular weight excluding hydrogens is 307 g/mol. The van der Waals surface area contributed by atoms with E-state index in [1.807, 2.05) is 4.90 Å². The average molecular weight is 332 g/mol. The molecular formula is C19H25FN2O2. The van der Waals surface area contributed by atoms with E-state index in [1.54, 1.807) is 12.1 Å². The third-order valence-corrected chi connectivity index (χ3v) is 5.17. The number of likely N-dealkylation sites (tertiary alicyclic amines) is 1. The van der Waals surface area contributed by atoms with Crippen molar-refractivity contribution in [1.29, 1.82) is 0 Å². The molecule has 1 N–H and O–H groups in total. The van der Waals surface area contributed by atoms with Crippen molar-refractivity contribution < 1.29 is 14.0 Å². The highest BCUT2D eigenvalue weighted by atomic mass is 19.1. The van der Waals surface area contributed by atoms with E-state index in [0.717, 1.165) is 18.4 Å². The van der Waals surface area contributed by atoms with Gasteiger partial charge in [-0.25, -0.2) is 4.39 Å². The number of rotatable bonds is 4. The Morgan fingerprint density at radius 3 is 2.46 bits per heavy atom. The zero-order valence-corrected chi connectivity index (χ0v) is 14.0. The van der Waals surface area contributed by atoms with Gasteiger partial charge >= 0.3 is 0 Å². The Labute approximate surface area is 142 Å². The minimum Gasteiger partial charge on any atom is -0.352 e. The maximum atomic E-state index is 12.9. The van der Waals surface area contributed by atoms with Crippen LogP contribution >= 0.6 is 0 Å². The van der Waals surface area contributed by atoms with E-state index < -0.39 is 0 Å². The maximum absolute atomic E-state index is 12.9. The molecule has 5 heteroatoms. The summed E-state index contributed by atoms with van der Waals surface area (Å²) in [6.07, 6.45) is 7.29. The first-order valence-corrected chi connectivity index (χ1v) is 8.95. The molecule has 0 bridgehead atoms. The number of carbonyl (C=O) groups excluding carboxylic acids is 2. The number of benzene rings is 1. The number of halogens is 1. The van der Waals surface area contributed by atoms with E-state index in [2.05, 4.69) is 5.32 Å². The van der Waals surface area contributed by atoms with Gasteiger partial charge in [-0.15, -0.1) is 0 Å². The molecule has 1 aliphatic carbocycles. The number of hydrogen-bond donors (Lipinski definition) is 1. The van der Waals surface area contributed by atoms with Crippen LogP contribution in [0.1, 0.15) is 50.5 Å². The standard InChI is InChI=1S/C19H25FN2O2/c20-16-9-7-14(8-10-16)12-21-19(24)15-11-18(23)22(13-15)17-5-3-1-2-4-6-17/h7-10,15,17H,1-6,11-13H2,(H,21,24). The third-order valence-electron chi connectivity index (χ3n) is 5.17. The lowest BCUT2D eigenvalue weighted by Crippen LogP contribution is -2.38. The molecule has 1 unspecified atom stereocenters. The summed E-state index contributed by atoms with van der Waals surface area (Å²) in [5.74, 6) is -0.515. The molecule has 1 aromatic rings. The number of nitrogens with zero attached hydrogens (tertiary/aromatic N) is 1. The van der Waals surface area contributed by atoms with E-state index >= 15 is 0 Å². The highest BCUT2D eigenvalue weighted by Crippen LogP contribution is 2.28. The topological polar surface area (TPSA) is 49.4 Å². The van der Waals surface area contributed by atoms with Crippen molar-refractivity contribution in [2.24, 2.45) is 5.92 Å². The second kappa shape index (κ2) is 7.77. The summed E-state index contributed by atoms with van der Waals surface area (Å²) in [5, 5.41) is 2.88. The summed E-state index contributed by atoms with van der Waals surface area (Å²) >= 11 is 0. The molecule has 2 amide bonds. The minimum absolute atomic E-state index is 0.0798. The SMILES string of the molecule is O=C(NCc1ccc(F)cc1)C1CC(=O)N(C2CCCCCC2)C1. The van der Waals surface area contributed by atoms with Crippen molar-refractivity contribution >= 4 is 11.8 Å². The Hall–Kier alpha value is -1.91. The van der Waals surface area contributed by atoms with Crippen molar-refractivity contribution in [2.75, 3.05) is 6.54 Å². The Bertz CT molecular complexity index is 580.